The van der Waals surface area contributed by atoms with Gasteiger partial charge in [-0.3, -0.25) is 0 Å². The summed E-state index contributed by atoms with van der Waals surface area (Å²) in [5, 5.41) is 10.1. The molecule has 0 spiro atoms. The molecule has 0 heterocycles. The van der Waals surface area contributed by atoms with Crippen molar-refractivity contribution < 1.29 is 101 Å². The quantitative estimate of drug-likeness (QED) is 0.467. The Labute approximate surface area is 149 Å². The molecule has 0 amide bonds. The molecule has 0 saturated carbocycles. The van der Waals surface area contributed by atoms with Crippen LogP contribution in [-0.2, 0) is 4.79 Å². The van der Waals surface area contributed by atoms with Gasteiger partial charge in [-0.1, -0.05) is 0 Å². The molecule has 17 heteroatoms. The number of carboxylic acid groups (broad SMARTS) is 1. The Bertz CT molecular complexity index is 478. The molecule has 0 unspecified atom stereocenters. The first-order valence-electron chi connectivity index (χ1n) is 4.90. The average Bonchev–Trinajstić information content (AvgIpc) is 2.22. The SMILES string of the molecule is O=C([O-])C(C(F)(F)F)(C(F)(F)F)C(F)(F)C(F)(F)C(F)(F)C(F)F.[Na+]. The standard InChI is InChI=1S/C8H2F14O2.Na/c9-1(10)4(11,12)6(15,16)5(13,14)3(2(23)24,7(17,18)19)8(20,21)22;/h1H,(H,23,24);/q;+1/p-1. The van der Waals surface area contributed by atoms with Crippen LogP contribution < -0.4 is 34.7 Å². The van der Waals surface area contributed by atoms with Gasteiger partial charge in [0.05, 0.1) is 5.97 Å². The molecular weight excluding hydrogens is 417 g/mol. The van der Waals surface area contributed by atoms with Crippen LogP contribution in [0.1, 0.15) is 0 Å². The van der Waals surface area contributed by atoms with Crippen LogP contribution in [0.25, 0.3) is 0 Å². The zero-order valence-corrected chi connectivity index (χ0v) is 13.2. The Morgan fingerprint density at radius 3 is 1.12 bits per heavy atom. The van der Waals surface area contributed by atoms with E-state index in [9.17, 15) is 71.4 Å². The van der Waals surface area contributed by atoms with Crippen molar-refractivity contribution in [1.82, 2.24) is 0 Å². The third-order valence-electron chi connectivity index (χ3n) is 2.71. The molecule has 0 rings (SSSR count). The monoisotopic (exact) mass is 418 g/mol. The van der Waals surface area contributed by atoms with Crippen molar-refractivity contribution in [3.8, 4) is 0 Å². The number of carboxylic acids is 1. The van der Waals surface area contributed by atoms with Crippen LogP contribution in [0.2, 0.25) is 0 Å². The average molecular weight is 418 g/mol. The summed E-state index contributed by atoms with van der Waals surface area (Å²) in [6.07, 6.45) is -21.6. The third kappa shape index (κ3) is 3.40. The molecule has 144 valence electrons. The second-order valence-electron chi connectivity index (χ2n) is 4.11. The van der Waals surface area contributed by atoms with E-state index in [1.165, 1.54) is 0 Å². The minimum Gasteiger partial charge on any atom is -0.549 e. The Kier molecular flexibility index (Phi) is 7.38. The zero-order chi connectivity index (χ0) is 20.2. The number of rotatable bonds is 5. The van der Waals surface area contributed by atoms with E-state index in [1.807, 2.05) is 0 Å². The van der Waals surface area contributed by atoms with E-state index in [4.69, 9.17) is 0 Å². The molecule has 0 aliphatic heterocycles. The van der Waals surface area contributed by atoms with Crippen molar-refractivity contribution in [2.24, 2.45) is 5.41 Å². The predicted octanol–water partition coefficient (Wildman–Crippen LogP) is 0.0223. The van der Waals surface area contributed by atoms with Gasteiger partial charge in [0, 0.05) is 0 Å². The first-order chi connectivity index (χ1) is 10.1. The molecule has 0 fully saturated rings. The van der Waals surface area contributed by atoms with Crippen LogP contribution in [0, 0.1) is 5.41 Å². The second kappa shape index (κ2) is 6.90. The minimum absolute atomic E-state index is 0. The Morgan fingerprint density at radius 1 is 0.680 bits per heavy atom. The zero-order valence-electron chi connectivity index (χ0n) is 11.2. The van der Waals surface area contributed by atoms with E-state index in [0.29, 0.717) is 0 Å². The van der Waals surface area contributed by atoms with Crippen LogP contribution in [0.5, 0.6) is 0 Å². The Balaban J connectivity index is 0. The summed E-state index contributed by atoms with van der Waals surface area (Å²) in [5.74, 6) is -28.8. The van der Waals surface area contributed by atoms with Gasteiger partial charge in [0.1, 0.15) is 0 Å². The van der Waals surface area contributed by atoms with E-state index >= 15 is 0 Å². The van der Waals surface area contributed by atoms with E-state index in [1.54, 1.807) is 0 Å². The molecule has 0 radical (unpaired) electrons. The summed E-state index contributed by atoms with van der Waals surface area (Å²) in [7, 11) is 0. The van der Waals surface area contributed by atoms with Crippen molar-refractivity contribution in [3.05, 3.63) is 0 Å². The summed E-state index contributed by atoms with van der Waals surface area (Å²) >= 11 is 0. The van der Waals surface area contributed by atoms with Gasteiger partial charge in [-0.25, -0.2) is 8.78 Å². The summed E-state index contributed by atoms with van der Waals surface area (Å²) in [6.45, 7) is 0. The summed E-state index contributed by atoms with van der Waals surface area (Å²) in [4.78, 5) is 10.1. The maximum absolute atomic E-state index is 13.2. The molecule has 2 nitrogen and oxygen atoms in total. The largest absolute Gasteiger partial charge is 1.00 e. The van der Waals surface area contributed by atoms with E-state index in [-0.39, 0.29) is 29.6 Å². The Morgan fingerprint density at radius 2 is 0.960 bits per heavy atom. The minimum atomic E-state index is -8.31. The maximum atomic E-state index is 13.2. The molecule has 0 aromatic rings. The normalized spacial score (nSPS) is 15.2. The number of carbonyl (C=O) groups excluding carboxylic acids is 1. The fourth-order valence-corrected chi connectivity index (χ4v) is 1.46. The summed E-state index contributed by atoms with van der Waals surface area (Å²) in [6, 6.07) is 0. The topological polar surface area (TPSA) is 40.1 Å². The fraction of sp³-hybridized carbons (Fsp3) is 0.875. The van der Waals surface area contributed by atoms with Crippen LogP contribution in [0.3, 0.4) is 0 Å². The van der Waals surface area contributed by atoms with Crippen LogP contribution in [0.15, 0.2) is 0 Å². The van der Waals surface area contributed by atoms with Gasteiger partial charge in [0.25, 0.3) is 5.41 Å². The first-order valence-corrected chi connectivity index (χ1v) is 4.90. The molecule has 0 aliphatic carbocycles. The predicted molar refractivity (Wildman–Crippen MR) is 40.4 cm³/mol. The number of aliphatic carboxylic acids is 1. The summed E-state index contributed by atoms with van der Waals surface area (Å²) in [5.41, 5.74) is -7.89. The number of halogens is 14. The Hall–Kier alpha value is -0.510. The number of alkyl halides is 14. The van der Waals surface area contributed by atoms with E-state index in [2.05, 4.69) is 0 Å². The van der Waals surface area contributed by atoms with Crippen molar-refractivity contribution >= 4 is 5.97 Å². The second-order valence-corrected chi connectivity index (χ2v) is 4.11. The fourth-order valence-electron chi connectivity index (χ4n) is 1.46. The van der Waals surface area contributed by atoms with Crippen molar-refractivity contribution in [2.75, 3.05) is 0 Å². The van der Waals surface area contributed by atoms with Crippen molar-refractivity contribution in [1.29, 1.82) is 0 Å². The van der Waals surface area contributed by atoms with Crippen molar-refractivity contribution in [2.45, 2.75) is 36.5 Å². The molecular formula is C8HF14NaO2. The van der Waals surface area contributed by atoms with E-state index < -0.39 is 47.9 Å². The van der Waals surface area contributed by atoms with Gasteiger partial charge in [0.15, 0.2) is 0 Å². The maximum Gasteiger partial charge on any atom is 1.00 e. The van der Waals surface area contributed by atoms with Gasteiger partial charge >= 0.3 is 66.1 Å². The smallest absolute Gasteiger partial charge is 0.549 e. The number of hydrogen-bond acceptors (Lipinski definition) is 2. The van der Waals surface area contributed by atoms with Gasteiger partial charge in [-0.2, -0.15) is 52.7 Å². The third-order valence-corrected chi connectivity index (χ3v) is 2.71. The van der Waals surface area contributed by atoms with E-state index in [0.717, 1.165) is 0 Å². The van der Waals surface area contributed by atoms with Crippen molar-refractivity contribution in [3.63, 3.8) is 0 Å². The molecule has 25 heavy (non-hydrogen) atoms. The number of carbonyl (C=O) groups is 1. The molecule has 0 saturated heterocycles. The number of hydrogen-bond donors (Lipinski definition) is 0. The van der Waals surface area contributed by atoms with Gasteiger partial charge < -0.3 is 9.90 Å². The van der Waals surface area contributed by atoms with Gasteiger partial charge in [-0.15, -0.1) is 0 Å². The van der Waals surface area contributed by atoms with Gasteiger partial charge in [0.2, 0.25) is 0 Å². The molecule has 0 atom stereocenters. The van der Waals surface area contributed by atoms with Crippen LogP contribution in [-0.4, -0.2) is 42.5 Å². The molecule has 0 aromatic heterocycles. The molecule has 0 N–H and O–H groups in total. The van der Waals surface area contributed by atoms with Crippen LogP contribution in [0.4, 0.5) is 61.5 Å². The molecule has 0 aliphatic rings. The molecule has 0 bridgehead atoms. The molecule has 0 aromatic carbocycles. The first kappa shape index (κ1) is 26.7. The van der Waals surface area contributed by atoms with Gasteiger partial charge in [-0.05, 0) is 0 Å². The summed E-state index contributed by atoms with van der Waals surface area (Å²) < 4.78 is 175. The van der Waals surface area contributed by atoms with Crippen LogP contribution >= 0.6 is 0 Å².